The van der Waals surface area contributed by atoms with E-state index in [-0.39, 0.29) is 12.2 Å². The van der Waals surface area contributed by atoms with Crippen LogP contribution in [-0.4, -0.2) is 59.5 Å². The number of halogens is 1. The van der Waals surface area contributed by atoms with E-state index in [9.17, 15) is 0 Å². The summed E-state index contributed by atoms with van der Waals surface area (Å²) in [6.45, 7) is 7.57. The van der Waals surface area contributed by atoms with Gasteiger partial charge in [0.25, 0.3) is 0 Å². The van der Waals surface area contributed by atoms with Crippen molar-refractivity contribution in [3.05, 3.63) is 47.2 Å². The minimum atomic E-state index is -0.0938. The third kappa shape index (κ3) is 5.39. The maximum atomic E-state index is 6.18. The molecule has 0 amide bonds. The summed E-state index contributed by atoms with van der Waals surface area (Å²) < 4.78 is 13.7. The molecule has 0 saturated carbocycles. The monoisotopic (exact) mass is 405 g/mol. The van der Waals surface area contributed by atoms with Gasteiger partial charge in [-0.15, -0.1) is 0 Å². The quantitative estimate of drug-likeness (QED) is 0.591. The standard InChI is InChI=1S/C20H28ClN5O2/c1-4-22-20(23-11-15(2)28-18-8-6-5-7-17(18)21)26-9-10-27-19(14-26)16-12-24-25(3)13-16/h5-8,12-13,15,19H,4,9-11,14H2,1-3H3,(H,22,23). The first-order valence-corrected chi connectivity index (χ1v) is 9.99. The van der Waals surface area contributed by atoms with Gasteiger partial charge in [0.05, 0.1) is 30.9 Å². The first-order chi connectivity index (χ1) is 13.6. The predicted molar refractivity (Wildman–Crippen MR) is 111 cm³/mol. The molecule has 7 nitrogen and oxygen atoms in total. The number of ether oxygens (including phenoxy) is 2. The average Bonchev–Trinajstić information content (AvgIpc) is 3.13. The Labute approximate surface area is 171 Å². The SMILES string of the molecule is CCNC(=NCC(C)Oc1ccccc1Cl)N1CCOC(c2cnn(C)c2)C1. The van der Waals surface area contributed by atoms with Crippen LogP contribution in [0.5, 0.6) is 5.75 Å². The van der Waals surface area contributed by atoms with Gasteiger partial charge in [-0.25, -0.2) is 4.99 Å². The van der Waals surface area contributed by atoms with Gasteiger partial charge in [-0.3, -0.25) is 4.68 Å². The minimum Gasteiger partial charge on any atom is -0.487 e. The van der Waals surface area contributed by atoms with Crippen molar-refractivity contribution in [3.63, 3.8) is 0 Å². The Morgan fingerprint density at radius 3 is 3.00 bits per heavy atom. The van der Waals surface area contributed by atoms with E-state index >= 15 is 0 Å². The number of hydrogen-bond acceptors (Lipinski definition) is 4. The highest BCUT2D eigenvalue weighted by Crippen LogP contribution is 2.24. The molecule has 0 bridgehead atoms. The summed E-state index contributed by atoms with van der Waals surface area (Å²) in [5.74, 6) is 1.55. The van der Waals surface area contributed by atoms with Crippen LogP contribution in [0.15, 0.2) is 41.7 Å². The van der Waals surface area contributed by atoms with Gasteiger partial charge in [-0.05, 0) is 26.0 Å². The topological polar surface area (TPSA) is 63.9 Å². The molecule has 1 fully saturated rings. The second-order valence-electron chi connectivity index (χ2n) is 6.81. The lowest BCUT2D eigenvalue weighted by molar-refractivity contribution is -0.00808. The first kappa shape index (κ1) is 20.5. The van der Waals surface area contributed by atoms with E-state index in [1.807, 2.05) is 50.6 Å². The number of benzene rings is 1. The van der Waals surface area contributed by atoms with Crippen molar-refractivity contribution in [3.8, 4) is 5.75 Å². The zero-order valence-corrected chi connectivity index (χ0v) is 17.4. The first-order valence-electron chi connectivity index (χ1n) is 9.61. The van der Waals surface area contributed by atoms with Gasteiger partial charge in [-0.2, -0.15) is 5.10 Å². The van der Waals surface area contributed by atoms with Crippen molar-refractivity contribution >= 4 is 17.6 Å². The maximum absolute atomic E-state index is 6.18. The molecule has 2 aromatic rings. The molecule has 152 valence electrons. The molecule has 1 aromatic carbocycles. The van der Waals surface area contributed by atoms with Crippen LogP contribution in [0, 0.1) is 0 Å². The molecule has 0 aliphatic carbocycles. The molecule has 1 saturated heterocycles. The van der Waals surface area contributed by atoms with E-state index < -0.39 is 0 Å². The van der Waals surface area contributed by atoms with Crippen LogP contribution in [0.2, 0.25) is 5.02 Å². The summed E-state index contributed by atoms with van der Waals surface area (Å²) in [6.07, 6.45) is 3.75. The van der Waals surface area contributed by atoms with Crippen LogP contribution in [0.4, 0.5) is 0 Å². The fourth-order valence-electron chi connectivity index (χ4n) is 3.08. The summed E-state index contributed by atoms with van der Waals surface area (Å²) >= 11 is 6.18. The molecule has 1 N–H and O–H groups in total. The van der Waals surface area contributed by atoms with Crippen molar-refractivity contribution in [1.29, 1.82) is 0 Å². The molecule has 3 rings (SSSR count). The van der Waals surface area contributed by atoms with Gasteiger partial charge in [0.1, 0.15) is 18.0 Å². The van der Waals surface area contributed by atoms with Crippen LogP contribution in [0.3, 0.4) is 0 Å². The average molecular weight is 406 g/mol. The number of hydrogen-bond donors (Lipinski definition) is 1. The van der Waals surface area contributed by atoms with Gasteiger partial charge in [0.15, 0.2) is 5.96 Å². The molecule has 8 heteroatoms. The van der Waals surface area contributed by atoms with Gasteiger partial charge < -0.3 is 19.7 Å². The number of aromatic nitrogens is 2. The van der Waals surface area contributed by atoms with Gasteiger partial charge >= 0.3 is 0 Å². The lowest BCUT2D eigenvalue weighted by atomic mass is 10.1. The number of morpholine rings is 1. The Morgan fingerprint density at radius 2 is 2.29 bits per heavy atom. The number of aliphatic imine (C=N–C) groups is 1. The Balaban J connectivity index is 1.63. The van der Waals surface area contributed by atoms with Crippen molar-refractivity contribution in [2.45, 2.75) is 26.1 Å². The fourth-order valence-corrected chi connectivity index (χ4v) is 3.27. The highest BCUT2D eigenvalue weighted by Gasteiger charge is 2.25. The lowest BCUT2D eigenvalue weighted by Crippen LogP contribution is -2.48. The Hall–Kier alpha value is -2.25. The van der Waals surface area contributed by atoms with Crippen LogP contribution >= 0.6 is 11.6 Å². The predicted octanol–water partition coefficient (Wildman–Crippen LogP) is 2.88. The molecule has 1 aliphatic heterocycles. The summed E-state index contributed by atoms with van der Waals surface area (Å²) in [4.78, 5) is 7.01. The molecule has 1 aromatic heterocycles. The van der Waals surface area contributed by atoms with Crippen molar-refractivity contribution in [2.75, 3.05) is 32.8 Å². The zero-order valence-electron chi connectivity index (χ0n) is 16.6. The van der Waals surface area contributed by atoms with Gasteiger partial charge in [0.2, 0.25) is 0 Å². The summed E-state index contributed by atoms with van der Waals surface area (Å²) in [7, 11) is 1.91. The lowest BCUT2D eigenvalue weighted by Gasteiger charge is -2.35. The normalized spacial score (nSPS) is 18.8. The van der Waals surface area contributed by atoms with Crippen molar-refractivity contribution in [2.24, 2.45) is 12.0 Å². The Kier molecular flexibility index (Phi) is 7.17. The maximum Gasteiger partial charge on any atom is 0.194 e. The third-order valence-corrected chi connectivity index (χ3v) is 4.77. The third-order valence-electron chi connectivity index (χ3n) is 4.46. The van der Waals surface area contributed by atoms with Crippen LogP contribution < -0.4 is 10.1 Å². The highest BCUT2D eigenvalue weighted by atomic mass is 35.5. The van der Waals surface area contributed by atoms with E-state index in [1.165, 1.54) is 0 Å². The van der Waals surface area contributed by atoms with E-state index in [1.54, 1.807) is 4.68 Å². The van der Waals surface area contributed by atoms with E-state index in [0.717, 1.165) is 31.2 Å². The smallest absolute Gasteiger partial charge is 0.194 e. The number of guanidine groups is 1. The summed E-state index contributed by atoms with van der Waals surface area (Å²) in [5.41, 5.74) is 1.08. The second-order valence-corrected chi connectivity index (χ2v) is 7.21. The van der Waals surface area contributed by atoms with E-state index in [2.05, 4.69) is 22.2 Å². The molecule has 2 atom stereocenters. The molecule has 0 radical (unpaired) electrons. The minimum absolute atomic E-state index is 0.0110. The molecular weight excluding hydrogens is 378 g/mol. The number of rotatable bonds is 6. The number of aryl methyl sites for hydroxylation is 1. The summed E-state index contributed by atoms with van der Waals surface area (Å²) in [6, 6.07) is 7.49. The zero-order chi connectivity index (χ0) is 19.9. The number of nitrogens with one attached hydrogen (secondary N) is 1. The molecule has 2 unspecified atom stereocenters. The molecule has 0 spiro atoms. The van der Waals surface area contributed by atoms with Crippen molar-refractivity contribution in [1.82, 2.24) is 20.0 Å². The fraction of sp³-hybridized carbons (Fsp3) is 0.500. The van der Waals surface area contributed by atoms with E-state index in [4.69, 9.17) is 26.1 Å². The van der Waals surface area contributed by atoms with Crippen molar-refractivity contribution < 1.29 is 9.47 Å². The van der Waals surface area contributed by atoms with Gasteiger partial charge in [-0.1, -0.05) is 23.7 Å². The van der Waals surface area contributed by atoms with Crippen LogP contribution in [-0.2, 0) is 11.8 Å². The second kappa shape index (κ2) is 9.80. The molecule has 1 aliphatic rings. The van der Waals surface area contributed by atoms with Crippen LogP contribution in [0.25, 0.3) is 0 Å². The van der Waals surface area contributed by atoms with Crippen LogP contribution in [0.1, 0.15) is 25.5 Å². The molecule has 2 heterocycles. The highest BCUT2D eigenvalue weighted by molar-refractivity contribution is 6.32. The Bertz CT molecular complexity index is 794. The molecule has 28 heavy (non-hydrogen) atoms. The van der Waals surface area contributed by atoms with Gasteiger partial charge in [0, 0.05) is 31.9 Å². The van der Waals surface area contributed by atoms with E-state index in [0.29, 0.717) is 23.9 Å². The Morgan fingerprint density at radius 1 is 1.46 bits per heavy atom. The summed E-state index contributed by atoms with van der Waals surface area (Å²) in [5, 5.41) is 8.24. The number of nitrogens with zero attached hydrogens (tertiary/aromatic N) is 4. The molecular formula is C20H28ClN5O2. The largest absolute Gasteiger partial charge is 0.487 e. The number of para-hydroxylation sites is 1.